The van der Waals surface area contributed by atoms with Gasteiger partial charge in [0, 0.05) is 17.0 Å². The van der Waals surface area contributed by atoms with Crippen LogP contribution in [0.15, 0.2) is 23.0 Å². The lowest BCUT2D eigenvalue weighted by Crippen LogP contribution is -2.40. The first kappa shape index (κ1) is 12.5. The summed E-state index contributed by atoms with van der Waals surface area (Å²) in [7, 11) is 0. The van der Waals surface area contributed by atoms with Gasteiger partial charge in [-0.25, -0.2) is 0 Å². The van der Waals surface area contributed by atoms with Gasteiger partial charge in [0.25, 0.3) is 5.56 Å². The highest BCUT2D eigenvalue weighted by Crippen LogP contribution is 2.41. The summed E-state index contributed by atoms with van der Waals surface area (Å²) < 4.78 is 2.00. The first-order chi connectivity index (χ1) is 8.81. The summed E-state index contributed by atoms with van der Waals surface area (Å²) in [6, 6.07) is 6.24. The molecule has 100 valence electrons. The molecule has 1 aromatic carbocycles. The molecular formula is C17H21NO. The molecule has 0 radical (unpaired) electrons. The van der Waals surface area contributed by atoms with E-state index >= 15 is 0 Å². The zero-order valence-electron chi connectivity index (χ0n) is 12.4. The van der Waals surface area contributed by atoms with E-state index in [0.29, 0.717) is 5.92 Å². The molecular weight excluding hydrogens is 234 g/mol. The van der Waals surface area contributed by atoms with Crippen molar-refractivity contribution in [2.45, 2.75) is 52.5 Å². The summed E-state index contributed by atoms with van der Waals surface area (Å²) >= 11 is 0. The Morgan fingerprint density at radius 1 is 1.21 bits per heavy atom. The molecule has 0 amide bonds. The minimum Gasteiger partial charge on any atom is -0.302 e. The van der Waals surface area contributed by atoms with Gasteiger partial charge in [-0.1, -0.05) is 18.6 Å². The topological polar surface area (TPSA) is 22.0 Å². The van der Waals surface area contributed by atoms with E-state index in [9.17, 15) is 4.79 Å². The summed E-state index contributed by atoms with van der Waals surface area (Å²) in [5, 5.41) is 1.23. The van der Waals surface area contributed by atoms with Gasteiger partial charge in [-0.15, -0.1) is 0 Å². The molecule has 0 saturated carbocycles. The monoisotopic (exact) mass is 255 g/mol. The van der Waals surface area contributed by atoms with Gasteiger partial charge < -0.3 is 4.57 Å². The molecule has 19 heavy (non-hydrogen) atoms. The number of hydrogen-bond donors (Lipinski definition) is 0. The standard InChI is InChI=1S/C17H21NO/c1-10-6-13-11(2)8-15(19)18-16(13)14(7-10)12(3)9-17(18,4)5/h6-8,12H,9H2,1-5H3/t12-/m1/s1. The summed E-state index contributed by atoms with van der Waals surface area (Å²) in [6.07, 6.45) is 1.02. The molecule has 1 aliphatic heterocycles. The van der Waals surface area contributed by atoms with Gasteiger partial charge >= 0.3 is 0 Å². The summed E-state index contributed by atoms with van der Waals surface area (Å²) in [6.45, 7) is 10.8. The molecule has 2 heterocycles. The Balaban J connectivity index is 2.61. The largest absolute Gasteiger partial charge is 0.302 e. The number of aromatic nitrogens is 1. The van der Waals surface area contributed by atoms with Crippen molar-refractivity contribution in [3.63, 3.8) is 0 Å². The first-order valence-electron chi connectivity index (χ1n) is 6.98. The number of benzene rings is 1. The first-order valence-corrected chi connectivity index (χ1v) is 6.98. The smallest absolute Gasteiger partial charge is 0.251 e. The van der Waals surface area contributed by atoms with Crippen LogP contribution in [0.1, 0.15) is 49.8 Å². The predicted octanol–water partition coefficient (Wildman–Crippen LogP) is 3.86. The van der Waals surface area contributed by atoms with Crippen LogP contribution in [-0.2, 0) is 5.54 Å². The third-order valence-electron chi connectivity index (χ3n) is 4.43. The fourth-order valence-electron chi connectivity index (χ4n) is 3.72. The second kappa shape index (κ2) is 3.72. The molecule has 0 spiro atoms. The van der Waals surface area contributed by atoms with Gasteiger partial charge in [-0.05, 0) is 57.2 Å². The van der Waals surface area contributed by atoms with Crippen molar-refractivity contribution < 1.29 is 0 Å². The van der Waals surface area contributed by atoms with Crippen LogP contribution in [0, 0.1) is 13.8 Å². The van der Waals surface area contributed by atoms with Crippen LogP contribution in [0.5, 0.6) is 0 Å². The fraction of sp³-hybridized carbons (Fsp3) is 0.471. The average Bonchev–Trinajstić information content (AvgIpc) is 2.27. The minimum absolute atomic E-state index is 0.106. The highest BCUT2D eigenvalue weighted by molar-refractivity contribution is 5.87. The van der Waals surface area contributed by atoms with Gasteiger partial charge in [0.1, 0.15) is 0 Å². The van der Waals surface area contributed by atoms with Crippen molar-refractivity contribution in [2.24, 2.45) is 0 Å². The third kappa shape index (κ3) is 1.66. The van der Waals surface area contributed by atoms with Gasteiger partial charge in [0.2, 0.25) is 0 Å². The summed E-state index contributed by atoms with van der Waals surface area (Å²) in [5.41, 5.74) is 4.87. The van der Waals surface area contributed by atoms with Crippen molar-refractivity contribution >= 4 is 10.9 Å². The van der Waals surface area contributed by atoms with E-state index in [4.69, 9.17) is 0 Å². The predicted molar refractivity (Wildman–Crippen MR) is 80.0 cm³/mol. The molecule has 2 nitrogen and oxygen atoms in total. The van der Waals surface area contributed by atoms with Crippen LogP contribution in [0.2, 0.25) is 0 Å². The molecule has 0 saturated heterocycles. The Labute approximate surface area is 114 Å². The Morgan fingerprint density at radius 2 is 1.89 bits per heavy atom. The highest BCUT2D eigenvalue weighted by Gasteiger charge is 2.33. The van der Waals surface area contributed by atoms with E-state index in [1.54, 1.807) is 6.07 Å². The zero-order chi connectivity index (χ0) is 13.9. The van der Waals surface area contributed by atoms with Crippen LogP contribution < -0.4 is 5.56 Å². The summed E-state index contributed by atoms with van der Waals surface area (Å²) in [5.74, 6) is 0.499. The van der Waals surface area contributed by atoms with Crippen LogP contribution in [0.25, 0.3) is 10.9 Å². The maximum atomic E-state index is 12.4. The van der Waals surface area contributed by atoms with E-state index in [2.05, 4.69) is 39.8 Å². The Kier molecular flexibility index (Phi) is 2.44. The molecule has 1 aliphatic rings. The van der Waals surface area contributed by atoms with E-state index in [0.717, 1.165) is 17.5 Å². The van der Waals surface area contributed by atoms with E-state index in [1.807, 2.05) is 11.5 Å². The fourth-order valence-corrected chi connectivity index (χ4v) is 3.72. The van der Waals surface area contributed by atoms with Gasteiger partial charge in [-0.3, -0.25) is 4.79 Å². The molecule has 0 aliphatic carbocycles. The maximum absolute atomic E-state index is 12.4. The van der Waals surface area contributed by atoms with Crippen molar-refractivity contribution in [1.29, 1.82) is 0 Å². The molecule has 2 heteroatoms. The van der Waals surface area contributed by atoms with Gasteiger partial charge in [0.05, 0.1) is 5.52 Å². The SMILES string of the molecule is Cc1cc2c3c(c1)c(C)cc(=O)n3C(C)(C)C[C@H]2C. The number of aryl methyl sites for hydroxylation is 2. The van der Waals surface area contributed by atoms with E-state index in [-0.39, 0.29) is 11.1 Å². The van der Waals surface area contributed by atoms with E-state index < -0.39 is 0 Å². The molecule has 2 aromatic rings. The molecule has 0 bridgehead atoms. The number of nitrogens with zero attached hydrogens (tertiary/aromatic N) is 1. The Bertz CT molecular complexity index is 737. The molecule has 1 atom stereocenters. The molecule has 3 rings (SSSR count). The lowest BCUT2D eigenvalue weighted by Gasteiger charge is -2.38. The average molecular weight is 255 g/mol. The van der Waals surface area contributed by atoms with Gasteiger partial charge in [0.15, 0.2) is 0 Å². The molecule has 0 unspecified atom stereocenters. The van der Waals surface area contributed by atoms with Gasteiger partial charge in [-0.2, -0.15) is 0 Å². The maximum Gasteiger partial charge on any atom is 0.251 e. The molecule has 1 aromatic heterocycles. The number of rotatable bonds is 0. The van der Waals surface area contributed by atoms with Crippen LogP contribution in [0.4, 0.5) is 0 Å². The zero-order valence-corrected chi connectivity index (χ0v) is 12.4. The Morgan fingerprint density at radius 3 is 2.58 bits per heavy atom. The number of pyridine rings is 1. The van der Waals surface area contributed by atoms with E-state index in [1.165, 1.54) is 16.5 Å². The van der Waals surface area contributed by atoms with Crippen LogP contribution in [0.3, 0.4) is 0 Å². The lowest BCUT2D eigenvalue weighted by atomic mass is 9.80. The molecule has 0 fully saturated rings. The highest BCUT2D eigenvalue weighted by atomic mass is 16.1. The second-order valence-corrected chi connectivity index (χ2v) is 6.67. The van der Waals surface area contributed by atoms with Crippen molar-refractivity contribution in [3.8, 4) is 0 Å². The lowest BCUT2D eigenvalue weighted by molar-refractivity contribution is 0.293. The van der Waals surface area contributed by atoms with Crippen LogP contribution >= 0.6 is 0 Å². The van der Waals surface area contributed by atoms with Crippen molar-refractivity contribution in [3.05, 3.63) is 45.2 Å². The Hall–Kier alpha value is -1.57. The number of hydrogen-bond acceptors (Lipinski definition) is 1. The van der Waals surface area contributed by atoms with Crippen LogP contribution in [-0.4, -0.2) is 4.57 Å². The third-order valence-corrected chi connectivity index (χ3v) is 4.43. The van der Waals surface area contributed by atoms with Crippen molar-refractivity contribution in [1.82, 2.24) is 4.57 Å². The quantitative estimate of drug-likeness (QED) is 0.700. The summed E-state index contributed by atoms with van der Waals surface area (Å²) in [4.78, 5) is 12.4. The normalized spacial score (nSPS) is 20.8. The molecule has 0 N–H and O–H groups in total. The van der Waals surface area contributed by atoms with Crippen molar-refractivity contribution in [2.75, 3.05) is 0 Å². The minimum atomic E-state index is -0.106. The second-order valence-electron chi connectivity index (χ2n) is 6.67.